The number of carbonyl (C=O) groups is 1. The molecule has 23 heavy (non-hydrogen) atoms. The topological polar surface area (TPSA) is 61.8 Å². The molecular weight excluding hydrogens is 292 g/mol. The molecule has 1 atom stereocenters. The predicted octanol–water partition coefficient (Wildman–Crippen LogP) is 2.49. The number of likely N-dealkylation sites (tertiary alicyclic amines) is 1. The Hall–Kier alpha value is -1.75. The fourth-order valence-electron chi connectivity index (χ4n) is 3.45. The van der Waals surface area contributed by atoms with Crippen LogP contribution in [0.3, 0.4) is 0 Å². The Morgan fingerprint density at radius 3 is 2.83 bits per heavy atom. The SMILES string of the molecule is CCc1cc(C)c(OC)c(C(=O)NC[C@@H]2CCCN2CC)c1O. The first-order valence-corrected chi connectivity index (χ1v) is 8.45. The first-order valence-electron chi connectivity index (χ1n) is 8.45. The summed E-state index contributed by atoms with van der Waals surface area (Å²) in [5.74, 6) is 0.225. The Kier molecular flexibility index (Phi) is 5.88. The van der Waals surface area contributed by atoms with Crippen LogP contribution in [-0.2, 0) is 6.42 Å². The fraction of sp³-hybridized carbons (Fsp3) is 0.611. The zero-order chi connectivity index (χ0) is 17.0. The molecule has 0 spiro atoms. The summed E-state index contributed by atoms with van der Waals surface area (Å²) in [5.41, 5.74) is 1.89. The number of phenolic OH excluding ortho intramolecular Hbond substituents is 1. The average molecular weight is 320 g/mol. The maximum atomic E-state index is 12.6. The van der Waals surface area contributed by atoms with Crippen LogP contribution >= 0.6 is 0 Å². The second kappa shape index (κ2) is 7.68. The number of nitrogens with zero attached hydrogens (tertiary/aromatic N) is 1. The van der Waals surface area contributed by atoms with E-state index >= 15 is 0 Å². The lowest BCUT2D eigenvalue weighted by Crippen LogP contribution is -2.40. The number of nitrogens with one attached hydrogen (secondary N) is 1. The lowest BCUT2D eigenvalue weighted by atomic mass is 10.0. The van der Waals surface area contributed by atoms with Gasteiger partial charge in [0.25, 0.3) is 5.91 Å². The number of amides is 1. The van der Waals surface area contributed by atoms with Crippen LogP contribution in [-0.4, -0.2) is 48.7 Å². The highest BCUT2D eigenvalue weighted by molar-refractivity contribution is 6.00. The van der Waals surface area contributed by atoms with E-state index in [2.05, 4.69) is 17.1 Å². The summed E-state index contributed by atoms with van der Waals surface area (Å²) in [5, 5.41) is 13.4. The molecule has 1 heterocycles. The third kappa shape index (κ3) is 3.61. The molecule has 2 N–H and O–H groups in total. The Bertz CT molecular complexity index is 572. The van der Waals surface area contributed by atoms with Crippen molar-refractivity contribution in [1.82, 2.24) is 10.2 Å². The van der Waals surface area contributed by atoms with E-state index in [9.17, 15) is 9.90 Å². The van der Waals surface area contributed by atoms with Crippen molar-refractivity contribution in [2.75, 3.05) is 26.7 Å². The van der Waals surface area contributed by atoms with Gasteiger partial charge in [0.1, 0.15) is 17.1 Å². The molecule has 1 aromatic carbocycles. The van der Waals surface area contributed by atoms with Crippen LogP contribution in [0.25, 0.3) is 0 Å². The van der Waals surface area contributed by atoms with Crippen LogP contribution in [0.15, 0.2) is 6.07 Å². The van der Waals surface area contributed by atoms with E-state index in [-0.39, 0.29) is 17.2 Å². The minimum Gasteiger partial charge on any atom is -0.507 e. The standard InChI is InChI=1S/C18H28N2O3/c1-5-13-10-12(3)17(23-4)15(16(13)21)18(22)19-11-14-8-7-9-20(14)6-2/h10,14,21H,5-9,11H2,1-4H3,(H,19,22)/t14-/m0/s1. The van der Waals surface area contributed by atoms with Crippen LogP contribution in [0.5, 0.6) is 11.5 Å². The number of likely N-dealkylation sites (N-methyl/N-ethyl adjacent to an activating group) is 1. The lowest BCUT2D eigenvalue weighted by molar-refractivity contribution is 0.0935. The molecule has 1 aliphatic heterocycles. The summed E-state index contributed by atoms with van der Waals surface area (Å²) in [7, 11) is 1.53. The van der Waals surface area contributed by atoms with Gasteiger partial charge in [-0.15, -0.1) is 0 Å². The minimum atomic E-state index is -0.263. The quantitative estimate of drug-likeness (QED) is 0.845. The predicted molar refractivity (Wildman–Crippen MR) is 91.4 cm³/mol. The number of aromatic hydroxyl groups is 1. The molecule has 0 saturated carbocycles. The Labute approximate surface area is 138 Å². The number of hydrogen-bond acceptors (Lipinski definition) is 4. The normalized spacial score (nSPS) is 18.2. The zero-order valence-corrected chi connectivity index (χ0v) is 14.6. The summed E-state index contributed by atoms with van der Waals surface area (Å²) in [6, 6.07) is 2.26. The van der Waals surface area contributed by atoms with Crippen molar-refractivity contribution in [3.63, 3.8) is 0 Å². The molecule has 5 nitrogen and oxygen atoms in total. The Morgan fingerprint density at radius 1 is 1.48 bits per heavy atom. The maximum absolute atomic E-state index is 12.6. The highest BCUT2D eigenvalue weighted by atomic mass is 16.5. The molecular formula is C18H28N2O3. The fourth-order valence-corrected chi connectivity index (χ4v) is 3.45. The maximum Gasteiger partial charge on any atom is 0.258 e. The van der Waals surface area contributed by atoms with Crippen molar-refractivity contribution < 1.29 is 14.6 Å². The van der Waals surface area contributed by atoms with Crippen molar-refractivity contribution in [3.05, 3.63) is 22.8 Å². The second-order valence-corrected chi connectivity index (χ2v) is 6.10. The van der Waals surface area contributed by atoms with Crippen molar-refractivity contribution in [2.24, 2.45) is 0 Å². The van der Waals surface area contributed by atoms with Gasteiger partial charge in [0, 0.05) is 12.6 Å². The van der Waals surface area contributed by atoms with Crippen molar-refractivity contribution >= 4 is 5.91 Å². The first kappa shape index (κ1) is 17.6. The van der Waals surface area contributed by atoms with Gasteiger partial charge in [-0.05, 0) is 56.5 Å². The molecule has 0 unspecified atom stereocenters. The molecule has 0 aromatic heterocycles. The Balaban J connectivity index is 2.19. The second-order valence-electron chi connectivity index (χ2n) is 6.10. The Morgan fingerprint density at radius 2 is 2.22 bits per heavy atom. The van der Waals surface area contributed by atoms with Gasteiger partial charge in [0.15, 0.2) is 0 Å². The molecule has 1 amide bonds. The molecule has 128 valence electrons. The summed E-state index contributed by atoms with van der Waals surface area (Å²) in [6.07, 6.45) is 2.95. The third-order valence-corrected chi connectivity index (χ3v) is 4.73. The van der Waals surface area contributed by atoms with E-state index in [0.717, 1.165) is 30.6 Å². The molecule has 1 fully saturated rings. The molecule has 1 aromatic rings. The van der Waals surface area contributed by atoms with E-state index in [1.165, 1.54) is 13.5 Å². The van der Waals surface area contributed by atoms with Gasteiger partial charge < -0.3 is 15.2 Å². The molecule has 0 bridgehead atoms. The number of phenols is 1. The minimum absolute atomic E-state index is 0.0335. The molecule has 0 aliphatic carbocycles. The van der Waals surface area contributed by atoms with Crippen LogP contribution in [0, 0.1) is 6.92 Å². The van der Waals surface area contributed by atoms with E-state index in [1.54, 1.807) is 0 Å². The van der Waals surface area contributed by atoms with Gasteiger partial charge in [0.2, 0.25) is 0 Å². The molecule has 2 rings (SSSR count). The average Bonchev–Trinajstić information content (AvgIpc) is 3.01. The highest BCUT2D eigenvalue weighted by Crippen LogP contribution is 2.35. The van der Waals surface area contributed by atoms with Gasteiger partial charge in [0.05, 0.1) is 7.11 Å². The monoisotopic (exact) mass is 320 g/mol. The number of hydrogen-bond donors (Lipinski definition) is 2. The number of rotatable bonds is 6. The van der Waals surface area contributed by atoms with E-state index < -0.39 is 0 Å². The first-order chi connectivity index (χ1) is 11.0. The van der Waals surface area contributed by atoms with Gasteiger partial charge in [-0.25, -0.2) is 0 Å². The summed E-state index contributed by atoms with van der Waals surface area (Å²) in [6.45, 7) is 8.69. The van der Waals surface area contributed by atoms with Crippen LogP contribution in [0.1, 0.15) is 48.2 Å². The number of aryl methyl sites for hydroxylation is 2. The van der Waals surface area contributed by atoms with E-state index in [4.69, 9.17) is 4.74 Å². The smallest absolute Gasteiger partial charge is 0.258 e. The molecule has 1 saturated heterocycles. The molecule has 1 aliphatic rings. The van der Waals surface area contributed by atoms with E-state index in [1.807, 2.05) is 19.9 Å². The lowest BCUT2D eigenvalue weighted by Gasteiger charge is -2.23. The van der Waals surface area contributed by atoms with Crippen LogP contribution < -0.4 is 10.1 Å². The number of methoxy groups -OCH3 is 1. The van der Waals surface area contributed by atoms with Gasteiger partial charge >= 0.3 is 0 Å². The summed E-state index contributed by atoms with van der Waals surface area (Å²) >= 11 is 0. The van der Waals surface area contributed by atoms with Crippen molar-refractivity contribution in [1.29, 1.82) is 0 Å². The van der Waals surface area contributed by atoms with Crippen LogP contribution in [0.2, 0.25) is 0 Å². The van der Waals surface area contributed by atoms with E-state index in [0.29, 0.717) is 24.8 Å². The zero-order valence-electron chi connectivity index (χ0n) is 14.6. The van der Waals surface area contributed by atoms with Gasteiger partial charge in [-0.1, -0.05) is 13.8 Å². The molecule has 0 radical (unpaired) electrons. The van der Waals surface area contributed by atoms with Gasteiger partial charge in [-0.2, -0.15) is 0 Å². The number of benzene rings is 1. The van der Waals surface area contributed by atoms with Crippen molar-refractivity contribution in [2.45, 2.75) is 46.1 Å². The third-order valence-electron chi connectivity index (χ3n) is 4.73. The van der Waals surface area contributed by atoms with Crippen LogP contribution in [0.4, 0.5) is 0 Å². The summed E-state index contributed by atoms with van der Waals surface area (Å²) in [4.78, 5) is 15.0. The largest absolute Gasteiger partial charge is 0.507 e. The highest BCUT2D eigenvalue weighted by Gasteiger charge is 2.26. The van der Waals surface area contributed by atoms with Crippen molar-refractivity contribution in [3.8, 4) is 11.5 Å². The number of carbonyl (C=O) groups excluding carboxylic acids is 1. The van der Waals surface area contributed by atoms with Gasteiger partial charge in [-0.3, -0.25) is 9.69 Å². The summed E-state index contributed by atoms with van der Waals surface area (Å²) < 4.78 is 5.36. The molecule has 5 heteroatoms. The number of ether oxygens (including phenoxy) is 1.